The second kappa shape index (κ2) is 2.67. The van der Waals surface area contributed by atoms with Crippen molar-refractivity contribution >= 4 is 16.7 Å². The van der Waals surface area contributed by atoms with Gasteiger partial charge in [0.2, 0.25) is 11.5 Å². The van der Waals surface area contributed by atoms with Gasteiger partial charge in [0, 0.05) is 5.92 Å². The van der Waals surface area contributed by atoms with E-state index in [0.717, 1.165) is 23.7 Å². The van der Waals surface area contributed by atoms with Gasteiger partial charge in [-0.3, -0.25) is 4.79 Å². The van der Waals surface area contributed by atoms with Crippen LogP contribution in [0.3, 0.4) is 0 Å². The lowest BCUT2D eigenvalue weighted by molar-refractivity contribution is 0.0934. The van der Waals surface area contributed by atoms with Crippen LogP contribution in [0.5, 0.6) is 0 Å². The van der Waals surface area contributed by atoms with E-state index in [4.69, 9.17) is 4.52 Å². The van der Waals surface area contributed by atoms with E-state index in [9.17, 15) is 4.79 Å². The predicted molar refractivity (Wildman–Crippen MR) is 51.1 cm³/mol. The summed E-state index contributed by atoms with van der Waals surface area (Å²) in [5.74, 6) is 0.730. The van der Waals surface area contributed by atoms with Gasteiger partial charge in [-0.2, -0.15) is 0 Å². The summed E-state index contributed by atoms with van der Waals surface area (Å²) in [5.41, 5.74) is 0.761. The molecule has 0 unspecified atom stereocenters. The van der Waals surface area contributed by atoms with Crippen LogP contribution in [-0.4, -0.2) is 10.9 Å². The third-order valence-corrected chi connectivity index (χ3v) is 2.56. The lowest BCUT2D eigenvalue weighted by atomic mass is 10.1. The molecule has 0 N–H and O–H groups in total. The van der Waals surface area contributed by atoms with Crippen molar-refractivity contribution in [3.8, 4) is 0 Å². The van der Waals surface area contributed by atoms with E-state index >= 15 is 0 Å². The van der Waals surface area contributed by atoms with E-state index in [2.05, 4.69) is 5.16 Å². The van der Waals surface area contributed by atoms with E-state index < -0.39 is 0 Å². The van der Waals surface area contributed by atoms with Crippen molar-refractivity contribution in [2.45, 2.75) is 12.8 Å². The molecule has 3 heteroatoms. The fraction of sp³-hybridized carbons (Fsp3) is 0.273. The summed E-state index contributed by atoms with van der Waals surface area (Å²) in [6, 6.07) is 7.50. The van der Waals surface area contributed by atoms with Crippen molar-refractivity contribution in [1.29, 1.82) is 0 Å². The molecule has 1 fully saturated rings. The lowest BCUT2D eigenvalue weighted by Gasteiger charge is -1.91. The van der Waals surface area contributed by atoms with Crippen LogP contribution in [0.1, 0.15) is 23.4 Å². The first-order valence-electron chi connectivity index (χ1n) is 4.75. The first-order valence-corrected chi connectivity index (χ1v) is 4.75. The Balaban J connectivity index is 2.16. The Labute approximate surface area is 80.7 Å². The number of nitrogens with zero attached hydrogens (tertiary/aromatic N) is 1. The maximum atomic E-state index is 11.7. The van der Waals surface area contributed by atoms with Gasteiger partial charge >= 0.3 is 0 Å². The van der Waals surface area contributed by atoms with Crippen molar-refractivity contribution in [1.82, 2.24) is 5.16 Å². The average Bonchev–Trinajstić information content (AvgIpc) is 2.97. The number of hydrogen-bond donors (Lipinski definition) is 0. The number of carbonyl (C=O) groups excluding carboxylic acids is 1. The number of benzene rings is 1. The Kier molecular flexibility index (Phi) is 1.48. The molecule has 0 saturated heterocycles. The van der Waals surface area contributed by atoms with Gasteiger partial charge in [-0.25, -0.2) is 0 Å². The molecule has 0 spiro atoms. The highest BCUT2D eigenvalue weighted by molar-refractivity contribution is 6.06. The first kappa shape index (κ1) is 7.74. The highest BCUT2D eigenvalue weighted by atomic mass is 16.5. The van der Waals surface area contributed by atoms with Gasteiger partial charge in [-0.15, -0.1) is 0 Å². The van der Waals surface area contributed by atoms with Gasteiger partial charge in [0.15, 0.2) is 0 Å². The molecule has 1 aliphatic carbocycles. The van der Waals surface area contributed by atoms with E-state index in [-0.39, 0.29) is 11.7 Å². The molecule has 1 aliphatic rings. The van der Waals surface area contributed by atoms with Gasteiger partial charge in [-0.05, 0) is 25.0 Å². The molecule has 1 aromatic heterocycles. The molecular formula is C11H9NO2. The fourth-order valence-electron chi connectivity index (χ4n) is 1.60. The summed E-state index contributed by atoms with van der Waals surface area (Å²) in [7, 11) is 0. The quantitative estimate of drug-likeness (QED) is 0.678. The normalized spacial score (nSPS) is 16.0. The standard InChI is InChI=1S/C11H9NO2/c13-10(7-5-6-7)11-8-3-1-2-4-9(8)12-14-11/h1-4,7H,5-6H2. The summed E-state index contributed by atoms with van der Waals surface area (Å²) < 4.78 is 5.08. The number of aromatic nitrogens is 1. The van der Waals surface area contributed by atoms with Crippen molar-refractivity contribution in [3.05, 3.63) is 30.0 Å². The molecular weight excluding hydrogens is 178 g/mol. The Morgan fingerprint density at radius 2 is 2.14 bits per heavy atom. The van der Waals surface area contributed by atoms with E-state index in [1.54, 1.807) is 0 Å². The topological polar surface area (TPSA) is 43.1 Å². The molecule has 2 aromatic rings. The maximum Gasteiger partial charge on any atom is 0.210 e. The van der Waals surface area contributed by atoms with Crippen LogP contribution in [0, 0.1) is 5.92 Å². The van der Waals surface area contributed by atoms with Gasteiger partial charge in [-0.1, -0.05) is 17.3 Å². The van der Waals surface area contributed by atoms with Crippen LogP contribution in [0.15, 0.2) is 28.8 Å². The largest absolute Gasteiger partial charge is 0.352 e. The minimum Gasteiger partial charge on any atom is -0.352 e. The maximum absolute atomic E-state index is 11.7. The molecule has 0 bridgehead atoms. The summed E-state index contributed by atoms with van der Waals surface area (Å²) in [6.07, 6.45) is 1.99. The SMILES string of the molecule is O=C(c1onc2ccccc12)C1CC1. The van der Waals surface area contributed by atoms with Crippen LogP contribution in [0.4, 0.5) is 0 Å². The Morgan fingerprint density at radius 3 is 2.93 bits per heavy atom. The van der Waals surface area contributed by atoms with Crippen LogP contribution in [-0.2, 0) is 0 Å². The van der Waals surface area contributed by atoms with Gasteiger partial charge in [0.1, 0.15) is 5.52 Å². The highest BCUT2D eigenvalue weighted by Gasteiger charge is 2.33. The van der Waals surface area contributed by atoms with Crippen LogP contribution < -0.4 is 0 Å². The second-order valence-electron chi connectivity index (χ2n) is 3.67. The third-order valence-electron chi connectivity index (χ3n) is 2.56. The molecule has 1 saturated carbocycles. The Bertz CT molecular complexity index is 497. The van der Waals surface area contributed by atoms with Crippen molar-refractivity contribution in [2.24, 2.45) is 5.92 Å². The number of Topliss-reactive ketones (excluding diaryl/α,β-unsaturated/α-hetero) is 1. The summed E-state index contributed by atoms with van der Waals surface area (Å²) in [4.78, 5) is 11.7. The number of rotatable bonds is 2. The summed E-state index contributed by atoms with van der Waals surface area (Å²) >= 11 is 0. The fourth-order valence-corrected chi connectivity index (χ4v) is 1.60. The molecule has 14 heavy (non-hydrogen) atoms. The number of ketones is 1. The van der Waals surface area contributed by atoms with Crippen LogP contribution >= 0.6 is 0 Å². The molecule has 0 radical (unpaired) electrons. The van der Waals surface area contributed by atoms with E-state index in [0.29, 0.717) is 5.76 Å². The molecule has 0 aliphatic heterocycles. The van der Waals surface area contributed by atoms with Crippen molar-refractivity contribution in [3.63, 3.8) is 0 Å². The van der Waals surface area contributed by atoms with Crippen molar-refractivity contribution in [2.75, 3.05) is 0 Å². The van der Waals surface area contributed by atoms with Gasteiger partial charge in [0.25, 0.3) is 0 Å². The number of hydrogen-bond acceptors (Lipinski definition) is 3. The van der Waals surface area contributed by atoms with Crippen LogP contribution in [0.25, 0.3) is 10.9 Å². The molecule has 1 aromatic carbocycles. The zero-order chi connectivity index (χ0) is 9.54. The molecule has 3 nitrogen and oxygen atoms in total. The Hall–Kier alpha value is -1.64. The lowest BCUT2D eigenvalue weighted by Crippen LogP contribution is -1.99. The monoisotopic (exact) mass is 187 g/mol. The van der Waals surface area contributed by atoms with E-state index in [1.165, 1.54) is 0 Å². The second-order valence-corrected chi connectivity index (χ2v) is 3.67. The minimum absolute atomic E-state index is 0.110. The molecule has 3 rings (SSSR count). The van der Waals surface area contributed by atoms with Gasteiger partial charge in [0.05, 0.1) is 5.39 Å². The van der Waals surface area contributed by atoms with Crippen molar-refractivity contribution < 1.29 is 9.32 Å². The molecule has 1 heterocycles. The number of carbonyl (C=O) groups is 1. The van der Waals surface area contributed by atoms with E-state index in [1.807, 2.05) is 24.3 Å². The summed E-state index contributed by atoms with van der Waals surface area (Å²) in [6.45, 7) is 0. The zero-order valence-electron chi connectivity index (χ0n) is 7.56. The average molecular weight is 187 g/mol. The van der Waals surface area contributed by atoms with Crippen LogP contribution in [0.2, 0.25) is 0 Å². The molecule has 70 valence electrons. The first-order chi connectivity index (χ1) is 6.86. The highest BCUT2D eigenvalue weighted by Crippen LogP contribution is 2.34. The third kappa shape index (κ3) is 1.05. The molecule has 0 amide bonds. The smallest absolute Gasteiger partial charge is 0.210 e. The van der Waals surface area contributed by atoms with Gasteiger partial charge < -0.3 is 4.52 Å². The Morgan fingerprint density at radius 1 is 1.36 bits per heavy atom. The predicted octanol–water partition coefficient (Wildman–Crippen LogP) is 2.42. The summed E-state index contributed by atoms with van der Waals surface area (Å²) in [5, 5.41) is 4.69. The molecule has 0 atom stereocenters. The minimum atomic E-state index is 0.110. The number of fused-ring (bicyclic) bond motifs is 1. The zero-order valence-corrected chi connectivity index (χ0v) is 7.56.